The molecule has 22 heavy (non-hydrogen) atoms. The molecule has 0 bridgehead atoms. The molecule has 0 spiro atoms. The highest BCUT2D eigenvalue weighted by Crippen LogP contribution is 2.31. The number of carbonyl (C=O) groups is 1. The smallest absolute Gasteiger partial charge is 0.265 e. The molecule has 1 aliphatic heterocycles. The molecule has 6 heteroatoms. The number of fused-ring (bicyclic) bond motifs is 1. The fourth-order valence-electron chi connectivity index (χ4n) is 2.36. The zero-order valence-electron chi connectivity index (χ0n) is 12.4. The molecule has 1 unspecified atom stereocenters. The molecule has 0 radical (unpaired) electrons. The molecule has 0 aliphatic carbocycles. The maximum absolute atomic E-state index is 12.2. The number of carbonyl (C=O) groups excluding carboxylic acids is 1. The third kappa shape index (κ3) is 3.14. The number of nitrogens with one attached hydrogen (secondary N) is 1. The van der Waals surface area contributed by atoms with Gasteiger partial charge >= 0.3 is 0 Å². The minimum atomic E-state index is -0.501. The maximum Gasteiger partial charge on any atom is 0.265 e. The van der Waals surface area contributed by atoms with Gasteiger partial charge in [-0.05, 0) is 48.7 Å². The van der Waals surface area contributed by atoms with Gasteiger partial charge in [0.15, 0.2) is 6.10 Å². The van der Waals surface area contributed by atoms with Crippen LogP contribution in [0.5, 0.6) is 5.75 Å². The Balaban J connectivity index is 0.00000176. The van der Waals surface area contributed by atoms with E-state index in [9.17, 15) is 4.79 Å². The van der Waals surface area contributed by atoms with Crippen LogP contribution < -0.4 is 15.8 Å². The van der Waals surface area contributed by atoms with Crippen molar-refractivity contribution in [2.45, 2.75) is 26.4 Å². The summed E-state index contributed by atoms with van der Waals surface area (Å²) in [6.07, 6.45) is 1.62. The van der Waals surface area contributed by atoms with Crippen molar-refractivity contribution in [1.82, 2.24) is 4.98 Å². The van der Waals surface area contributed by atoms with Crippen LogP contribution in [0.4, 0.5) is 11.5 Å². The first kappa shape index (κ1) is 16.1. The highest BCUT2D eigenvalue weighted by Gasteiger charge is 2.29. The summed E-state index contributed by atoms with van der Waals surface area (Å²) in [4.78, 5) is 16.2. The van der Waals surface area contributed by atoms with Gasteiger partial charge in [0.2, 0.25) is 0 Å². The molecule has 1 aliphatic rings. The number of nitrogens with zero attached hydrogens (tertiary/aromatic N) is 1. The summed E-state index contributed by atoms with van der Waals surface area (Å²) in [5.74, 6) is 1.05. The second-order valence-corrected chi connectivity index (χ2v) is 5.32. The Kier molecular flexibility index (Phi) is 4.56. The first-order valence-electron chi connectivity index (χ1n) is 6.82. The van der Waals surface area contributed by atoms with Crippen molar-refractivity contribution in [2.75, 3.05) is 11.1 Å². The average molecular weight is 320 g/mol. The van der Waals surface area contributed by atoms with Gasteiger partial charge in [0.05, 0.1) is 11.9 Å². The van der Waals surface area contributed by atoms with Crippen LogP contribution in [0.15, 0.2) is 30.5 Å². The van der Waals surface area contributed by atoms with Crippen LogP contribution in [-0.4, -0.2) is 17.0 Å². The highest BCUT2D eigenvalue weighted by molar-refractivity contribution is 5.95. The molecule has 1 aromatic heterocycles. The molecule has 0 saturated carbocycles. The number of hydrogen-bond donors (Lipinski definition) is 2. The largest absolute Gasteiger partial charge is 0.480 e. The molecule has 5 nitrogen and oxygen atoms in total. The fourth-order valence-corrected chi connectivity index (χ4v) is 2.36. The number of aromatic nitrogens is 1. The van der Waals surface area contributed by atoms with E-state index in [0.717, 1.165) is 16.9 Å². The predicted octanol–water partition coefficient (Wildman–Crippen LogP) is 2.64. The van der Waals surface area contributed by atoms with Gasteiger partial charge < -0.3 is 15.8 Å². The van der Waals surface area contributed by atoms with E-state index in [-0.39, 0.29) is 18.3 Å². The van der Waals surface area contributed by atoms with Crippen LogP contribution in [0, 0.1) is 13.8 Å². The summed E-state index contributed by atoms with van der Waals surface area (Å²) in [5, 5.41) is 2.79. The first-order valence-corrected chi connectivity index (χ1v) is 6.82. The van der Waals surface area contributed by atoms with Crippen LogP contribution in [0.1, 0.15) is 16.7 Å². The van der Waals surface area contributed by atoms with Crippen molar-refractivity contribution in [1.29, 1.82) is 0 Å². The van der Waals surface area contributed by atoms with Crippen molar-refractivity contribution >= 4 is 29.8 Å². The Hall–Kier alpha value is -2.27. The Morgan fingerprint density at radius 1 is 1.32 bits per heavy atom. The molecule has 1 amide bonds. The summed E-state index contributed by atoms with van der Waals surface area (Å²) in [5.41, 5.74) is 9.58. The fraction of sp³-hybridized carbons (Fsp3) is 0.250. The lowest BCUT2D eigenvalue weighted by molar-refractivity contribution is -0.122. The molecule has 0 fully saturated rings. The summed E-state index contributed by atoms with van der Waals surface area (Å²) >= 11 is 0. The highest BCUT2D eigenvalue weighted by atomic mass is 35.5. The van der Waals surface area contributed by atoms with E-state index in [1.807, 2.05) is 13.0 Å². The van der Waals surface area contributed by atoms with E-state index >= 15 is 0 Å². The zero-order valence-corrected chi connectivity index (χ0v) is 13.2. The summed E-state index contributed by atoms with van der Waals surface area (Å²) in [7, 11) is 0. The first-order chi connectivity index (χ1) is 10.0. The SMILES string of the molecule is Cc1cc2c(cc1C)OC(C(=O)Nc1ccc(N)nc1)C2.Cl. The van der Waals surface area contributed by atoms with Gasteiger partial charge in [0, 0.05) is 6.42 Å². The van der Waals surface area contributed by atoms with Crippen molar-refractivity contribution in [2.24, 2.45) is 0 Å². The predicted molar refractivity (Wildman–Crippen MR) is 88.6 cm³/mol. The average Bonchev–Trinajstić information content (AvgIpc) is 2.85. The molecule has 2 aromatic rings. The summed E-state index contributed by atoms with van der Waals surface area (Å²) < 4.78 is 5.74. The maximum atomic E-state index is 12.2. The van der Waals surface area contributed by atoms with E-state index in [1.165, 1.54) is 11.8 Å². The number of anilines is 2. The number of rotatable bonds is 2. The number of pyridine rings is 1. The monoisotopic (exact) mass is 319 g/mol. The second kappa shape index (κ2) is 6.23. The van der Waals surface area contributed by atoms with Gasteiger partial charge in [-0.15, -0.1) is 12.4 Å². The molecular weight excluding hydrogens is 302 g/mol. The van der Waals surface area contributed by atoms with Crippen molar-refractivity contribution in [3.8, 4) is 5.75 Å². The minimum Gasteiger partial charge on any atom is -0.480 e. The minimum absolute atomic E-state index is 0. The van der Waals surface area contributed by atoms with Crippen molar-refractivity contribution in [3.05, 3.63) is 47.2 Å². The van der Waals surface area contributed by atoms with Crippen molar-refractivity contribution < 1.29 is 9.53 Å². The molecule has 1 aromatic carbocycles. The van der Waals surface area contributed by atoms with Crippen LogP contribution in [0.25, 0.3) is 0 Å². The molecule has 1 atom stereocenters. The number of aryl methyl sites for hydroxylation is 2. The number of nitrogen functional groups attached to an aromatic ring is 1. The van der Waals surface area contributed by atoms with Gasteiger partial charge in [0.1, 0.15) is 11.6 Å². The van der Waals surface area contributed by atoms with E-state index in [0.29, 0.717) is 17.9 Å². The van der Waals surface area contributed by atoms with Gasteiger partial charge in [-0.2, -0.15) is 0 Å². The van der Waals surface area contributed by atoms with Gasteiger partial charge in [-0.3, -0.25) is 4.79 Å². The quantitative estimate of drug-likeness (QED) is 0.892. The number of halogens is 1. The van der Waals surface area contributed by atoms with Gasteiger partial charge in [-0.25, -0.2) is 4.98 Å². The Morgan fingerprint density at radius 3 is 2.73 bits per heavy atom. The molecule has 0 saturated heterocycles. The number of hydrogen-bond acceptors (Lipinski definition) is 4. The molecule has 3 N–H and O–H groups in total. The third-order valence-corrected chi connectivity index (χ3v) is 3.70. The van der Waals surface area contributed by atoms with Gasteiger partial charge in [0.25, 0.3) is 5.91 Å². The Bertz CT molecular complexity index is 670. The number of ether oxygens (including phenoxy) is 1. The lowest BCUT2D eigenvalue weighted by atomic mass is 10.0. The van der Waals surface area contributed by atoms with Crippen molar-refractivity contribution in [3.63, 3.8) is 0 Å². The number of amides is 1. The lowest BCUT2D eigenvalue weighted by Crippen LogP contribution is -2.31. The van der Waals surface area contributed by atoms with E-state index in [2.05, 4.69) is 23.3 Å². The zero-order chi connectivity index (χ0) is 15.0. The summed E-state index contributed by atoms with van der Waals surface area (Å²) in [6, 6.07) is 7.44. The Labute approximate surface area is 135 Å². The van der Waals surface area contributed by atoms with E-state index in [1.54, 1.807) is 12.1 Å². The Morgan fingerprint density at radius 2 is 2.05 bits per heavy atom. The number of nitrogens with two attached hydrogens (primary N) is 1. The second-order valence-electron chi connectivity index (χ2n) is 5.32. The van der Waals surface area contributed by atoms with Crippen LogP contribution in [0.2, 0.25) is 0 Å². The number of benzene rings is 1. The molecule has 3 rings (SSSR count). The van der Waals surface area contributed by atoms with Crippen LogP contribution in [0.3, 0.4) is 0 Å². The van der Waals surface area contributed by atoms with Crippen LogP contribution >= 0.6 is 12.4 Å². The topological polar surface area (TPSA) is 77.2 Å². The molecule has 116 valence electrons. The standard InChI is InChI=1S/C16H17N3O2.ClH/c1-9-5-11-7-14(21-13(11)6-10(9)2)16(20)19-12-3-4-15(17)18-8-12;/h3-6,8,14H,7H2,1-2H3,(H2,17,18)(H,19,20);1H. The third-order valence-electron chi connectivity index (χ3n) is 3.70. The van der Waals surface area contributed by atoms with Gasteiger partial charge in [-0.1, -0.05) is 6.07 Å². The van der Waals surface area contributed by atoms with E-state index in [4.69, 9.17) is 10.5 Å². The van der Waals surface area contributed by atoms with E-state index < -0.39 is 6.10 Å². The lowest BCUT2D eigenvalue weighted by Gasteiger charge is -2.11. The molecule has 2 heterocycles. The summed E-state index contributed by atoms with van der Waals surface area (Å²) in [6.45, 7) is 4.09. The molecular formula is C16H18ClN3O2. The van der Waals surface area contributed by atoms with Crippen LogP contribution in [-0.2, 0) is 11.2 Å². The normalized spacial score (nSPS) is 15.5.